The molecule has 3 nitrogen and oxygen atoms in total. The van der Waals surface area contributed by atoms with Crippen molar-refractivity contribution in [1.29, 1.82) is 5.26 Å². The molecule has 1 atom stereocenters. The Morgan fingerprint density at radius 1 is 1.29 bits per heavy atom. The van der Waals surface area contributed by atoms with E-state index in [0.717, 1.165) is 21.0 Å². The molecule has 0 radical (unpaired) electrons. The van der Waals surface area contributed by atoms with Crippen LogP contribution in [0, 0.1) is 17.2 Å². The van der Waals surface area contributed by atoms with Gasteiger partial charge in [-0.3, -0.25) is 0 Å². The Balaban J connectivity index is 1.96. The number of hydrogen-bond donors (Lipinski definition) is 0. The van der Waals surface area contributed by atoms with Gasteiger partial charge in [0.15, 0.2) is 0 Å². The maximum Gasteiger partial charge on any atom is 0.128 e. The number of thiophene rings is 1. The van der Waals surface area contributed by atoms with Gasteiger partial charge in [0.05, 0.1) is 12.0 Å². The number of aromatic nitrogens is 2. The highest BCUT2D eigenvalue weighted by molar-refractivity contribution is 7.99. The second-order valence-electron chi connectivity index (χ2n) is 4.72. The number of nitriles is 1. The molecule has 3 rings (SSSR count). The first kappa shape index (κ1) is 14.1. The second kappa shape index (κ2) is 6.25. The summed E-state index contributed by atoms with van der Waals surface area (Å²) in [5.74, 6) is 0.770. The maximum absolute atomic E-state index is 8.88. The van der Waals surface area contributed by atoms with Gasteiger partial charge < -0.3 is 0 Å². The largest absolute Gasteiger partial charge is 0.229 e. The summed E-state index contributed by atoms with van der Waals surface area (Å²) in [4.78, 5) is 10.9. The van der Waals surface area contributed by atoms with Crippen molar-refractivity contribution < 1.29 is 0 Å². The van der Waals surface area contributed by atoms with Crippen molar-refractivity contribution in [3.63, 3.8) is 0 Å². The third kappa shape index (κ3) is 3.07. The van der Waals surface area contributed by atoms with Crippen molar-refractivity contribution in [2.45, 2.75) is 11.9 Å². The Morgan fingerprint density at radius 2 is 2.10 bits per heavy atom. The first-order valence-electron chi connectivity index (χ1n) is 6.60. The standard InChI is InChI=1S/C16H13N3S2/c1-11(8-17)9-20-15-13-7-14(12-5-3-2-4-6-12)21-16(13)19-10-18-15/h2-7,10-11H,9H2,1H3/t11-/m0/s1. The number of fused-ring (bicyclic) bond motifs is 1. The highest BCUT2D eigenvalue weighted by Crippen LogP contribution is 2.36. The van der Waals surface area contributed by atoms with Gasteiger partial charge in [-0.2, -0.15) is 5.26 Å². The lowest BCUT2D eigenvalue weighted by Gasteiger charge is -2.02. The zero-order valence-corrected chi connectivity index (χ0v) is 13.1. The summed E-state index contributed by atoms with van der Waals surface area (Å²) in [6.45, 7) is 1.93. The predicted octanol–water partition coefficient (Wildman–Crippen LogP) is 4.61. The number of nitrogens with zero attached hydrogens (tertiary/aromatic N) is 3. The van der Waals surface area contributed by atoms with Crippen LogP contribution in [0.4, 0.5) is 0 Å². The van der Waals surface area contributed by atoms with Crippen molar-refractivity contribution in [3.05, 3.63) is 42.7 Å². The molecule has 5 heteroatoms. The average Bonchev–Trinajstić information content (AvgIpc) is 2.98. The Morgan fingerprint density at radius 3 is 2.86 bits per heavy atom. The number of hydrogen-bond acceptors (Lipinski definition) is 5. The van der Waals surface area contributed by atoms with Gasteiger partial charge in [-0.25, -0.2) is 9.97 Å². The molecule has 2 heterocycles. The van der Waals surface area contributed by atoms with Gasteiger partial charge in [0.25, 0.3) is 0 Å². The van der Waals surface area contributed by atoms with Crippen LogP contribution in [0.15, 0.2) is 47.8 Å². The molecule has 0 bridgehead atoms. The minimum atomic E-state index is 0.0206. The second-order valence-corrected chi connectivity index (χ2v) is 6.75. The van der Waals surface area contributed by atoms with Crippen LogP contribution in [-0.4, -0.2) is 15.7 Å². The predicted molar refractivity (Wildman–Crippen MR) is 88.4 cm³/mol. The molecule has 3 aromatic rings. The molecule has 0 spiro atoms. The molecule has 1 aromatic carbocycles. The van der Waals surface area contributed by atoms with Crippen molar-refractivity contribution in [3.8, 4) is 16.5 Å². The zero-order valence-electron chi connectivity index (χ0n) is 11.5. The van der Waals surface area contributed by atoms with Crippen LogP contribution in [0.3, 0.4) is 0 Å². The van der Waals surface area contributed by atoms with Crippen LogP contribution in [0.1, 0.15) is 6.92 Å². The summed E-state index contributed by atoms with van der Waals surface area (Å²) in [6.07, 6.45) is 1.60. The fourth-order valence-electron chi connectivity index (χ4n) is 1.93. The monoisotopic (exact) mass is 311 g/mol. The molecule has 0 aliphatic heterocycles. The van der Waals surface area contributed by atoms with Crippen molar-refractivity contribution in [2.75, 3.05) is 5.75 Å². The lowest BCUT2D eigenvalue weighted by molar-refractivity contribution is 0.862. The Labute approximate surface area is 131 Å². The Kier molecular flexibility index (Phi) is 4.18. The molecule has 104 valence electrons. The van der Waals surface area contributed by atoms with Gasteiger partial charge in [0.1, 0.15) is 16.2 Å². The van der Waals surface area contributed by atoms with E-state index in [-0.39, 0.29) is 5.92 Å². The lowest BCUT2D eigenvalue weighted by Crippen LogP contribution is -1.94. The fourth-order valence-corrected chi connectivity index (χ4v) is 3.92. The summed E-state index contributed by atoms with van der Waals surface area (Å²) < 4.78 is 0. The van der Waals surface area contributed by atoms with Crippen LogP contribution in [0.5, 0.6) is 0 Å². The van der Waals surface area contributed by atoms with Crippen LogP contribution in [0.2, 0.25) is 0 Å². The van der Waals surface area contributed by atoms with Gasteiger partial charge in [-0.05, 0) is 18.6 Å². The van der Waals surface area contributed by atoms with Crippen LogP contribution in [0.25, 0.3) is 20.7 Å². The quantitative estimate of drug-likeness (QED) is 0.521. The highest BCUT2D eigenvalue weighted by atomic mass is 32.2. The van der Waals surface area contributed by atoms with E-state index in [4.69, 9.17) is 5.26 Å². The van der Waals surface area contributed by atoms with E-state index in [1.54, 1.807) is 29.4 Å². The first-order chi connectivity index (χ1) is 10.3. The van der Waals surface area contributed by atoms with E-state index in [1.165, 1.54) is 10.4 Å². The van der Waals surface area contributed by atoms with Gasteiger partial charge in [-0.15, -0.1) is 23.1 Å². The molecule has 0 unspecified atom stereocenters. The molecule has 0 saturated carbocycles. The fraction of sp³-hybridized carbons (Fsp3) is 0.188. The number of benzene rings is 1. The lowest BCUT2D eigenvalue weighted by atomic mass is 10.2. The molecular weight excluding hydrogens is 298 g/mol. The zero-order chi connectivity index (χ0) is 14.7. The normalized spacial score (nSPS) is 12.2. The molecule has 0 aliphatic rings. The van der Waals surface area contributed by atoms with Crippen LogP contribution >= 0.6 is 23.1 Å². The van der Waals surface area contributed by atoms with E-state index >= 15 is 0 Å². The minimum absolute atomic E-state index is 0.0206. The molecule has 2 aromatic heterocycles. The average molecular weight is 311 g/mol. The molecule has 0 saturated heterocycles. The van der Waals surface area contributed by atoms with Crippen molar-refractivity contribution in [2.24, 2.45) is 5.92 Å². The molecular formula is C16H13N3S2. The van der Waals surface area contributed by atoms with Gasteiger partial charge in [0.2, 0.25) is 0 Å². The summed E-state index contributed by atoms with van der Waals surface area (Å²) in [5, 5.41) is 10.9. The van der Waals surface area contributed by atoms with E-state index in [1.807, 2.05) is 25.1 Å². The molecule has 0 fully saturated rings. The van der Waals surface area contributed by atoms with Crippen LogP contribution < -0.4 is 0 Å². The summed E-state index contributed by atoms with van der Waals surface area (Å²) >= 11 is 3.30. The van der Waals surface area contributed by atoms with Crippen molar-refractivity contribution >= 4 is 33.3 Å². The third-order valence-electron chi connectivity index (χ3n) is 3.04. The van der Waals surface area contributed by atoms with Gasteiger partial charge in [0, 0.05) is 16.0 Å². The molecule has 0 N–H and O–H groups in total. The maximum atomic E-state index is 8.88. The number of rotatable bonds is 4. The first-order valence-corrected chi connectivity index (χ1v) is 8.40. The molecule has 0 amide bonds. The van der Waals surface area contributed by atoms with Gasteiger partial charge >= 0.3 is 0 Å². The van der Waals surface area contributed by atoms with Crippen LogP contribution in [-0.2, 0) is 0 Å². The summed E-state index contributed by atoms with van der Waals surface area (Å²) in [6, 6.07) is 14.7. The van der Waals surface area contributed by atoms with E-state index in [9.17, 15) is 0 Å². The summed E-state index contributed by atoms with van der Waals surface area (Å²) in [5.41, 5.74) is 1.20. The van der Waals surface area contributed by atoms with E-state index < -0.39 is 0 Å². The number of thioether (sulfide) groups is 1. The SMILES string of the molecule is C[C@@H](C#N)CSc1ncnc2sc(-c3ccccc3)cc12. The van der Waals surface area contributed by atoms with E-state index in [0.29, 0.717) is 0 Å². The van der Waals surface area contributed by atoms with E-state index in [2.05, 4.69) is 34.2 Å². The molecule has 0 aliphatic carbocycles. The molecule has 21 heavy (non-hydrogen) atoms. The third-order valence-corrected chi connectivity index (χ3v) is 5.40. The van der Waals surface area contributed by atoms with Crippen molar-refractivity contribution in [1.82, 2.24) is 9.97 Å². The van der Waals surface area contributed by atoms with Gasteiger partial charge in [-0.1, -0.05) is 30.3 Å². The highest BCUT2D eigenvalue weighted by Gasteiger charge is 2.11. The Bertz CT molecular complexity index is 790. The minimum Gasteiger partial charge on any atom is -0.229 e. The summed E-state index contributed by atoms with van der Waals surface area (Å²) in [7, 11) is 0. The smallest absolute Gasteiger partial charge is 0.128 e. The topological polar surface area (TPSA) is 49.6 Å². The Hall–Kier alpha value is -1.90.